The molecule has 4 amide bonds. The number of methoxy groups -OCH3 is 2. The quantitative estimate of drug-likeness (QED) is 0.0698. The summed E-state index contributed by atoms with van der Waals surface area (Å²) in [6.07, 6.45) is 4.34. The number of imide groups is 2. The van der Waals surface area contributed by atoms with Gasteiger partial charge in [0.15, 0.2) is 0 Å². The van der Waals surface area contributed by atoms with Gasteiger partial charge >= 0.3 is 51.4 Å². The molecule has 2 aliphatic rings. The van der Waals surface area contributed by atoms with Gasteiger partial charge in [-0.05, 0) is 82.9 Å². The molecule has 8 aromatic rings. The fourth-order valence-corrected chi connectivity index (χ4v) is 8.39. The van der Waals surface area contributed by atoms with E-state index in [1.165, 1.54) is 11.2 Å². The van der Waals surface area contributed by atoms with E-state index in [9.17, 15) is 19.2 Å². The van der Waals surface area contributed by atoms with E-state index < -0.39 is 11.8 Å². The molecule has 0 atom stereocenters. The van der Waals surface area contributed by atoms with Crippen LogP contribution in [0.1, 0.15) is 75.1 Å². The van der Waals surface area contributed by atoms with Crippen LogP contribution in [0.5, 0.6) is 11.5 Å². The molecule has 12 nitrogen and oxygen atoms in total. The van der Waals surface area contributed by atoms with Crippen molar-refractivity contribution in [3.63, 3.8) is 0 Å². The third-order valence-electron chi connectivity index (χ3n) is 11.1. The van der Waals surface area contributed by atoms with Crippen molar-refractivity contribution in [3.05, 3.63) is 230 Å². The van der Waals surface area contributed by atoms with Crippen molar-refractivity contribution >= 4 is 58.4 Å². The molecule has 0 bridgehead atoms. The van der Waals surface area contributed by atoms with Gasteiger partial charge in [0.2, 0.25) is 0 Å². The Labute approximate surface area is 461 Å². The second-order valence-corrected chi connectivity index (χ2v) is 16.6. The Morgan fingerprint density at radius 1 is 0.500 bits per heavy atom. The Balaban J connectivity index is 0.000000173. The maximum Gasteiger partial charge on any atom is 1.00 e. The second kappa shape index (κ2) is 24.1. The molecular weight excluding hydrogens is 974 g/mol. The second-order valence-electron chi connectivity index (χ2n) is 15.5. The molecule has 2 aromatic heterocycles. The average Bonchev–Trinajstić information content (AvgIpc) is 3.81. The van der Waals surface area contributed by atoms with Crippen LogP contribution >= 0.6 is 34.8 Å². The van der Waals surface area contributed by atoms with Gasteiger partial charge < -0.3 is 24.4 Å². The molecule has 0 unspecified atom stereocenters. The molecule has 0 N–H and O–H groups in total. The number of nitrogens with zero attached hydrogens (tertiary/aromatic N) is 6. The van der Waals surface area contributed by atoms with Gasteiger partial charge in [-0.15, -0.1) is 11.6 Å². The van der Waals surface area contributed by atoms with Gasteiger partial charge in [0.1, 0.15) is 24.2 Å². The van der Waals surface area contributed by atoms with Crippen molar-refractivity contribution < 1.29 is 80.0 Å². The zero-order chi connectivity index (χ0) is 48.4. The summed E-state index contributed by atoms with van der Waals surface area (Å²) in [5.41, 5.74) is 10.6. The number of carbonyl (C=O) groups excluding carboxylic acids is 4. The molecule has 4 heterocycles. The van der Waals surface area contributed by atoms with Gasteiger partial charge in [0.05, 0.1) is 55.1 Å². The first kappa shape index (κ1) is 51.7. The van der Waals surface area contributed by atoms with Crippen LogP contribution in [0, 0.1) is 0 Å². The average molecular weight is 1010 g/mol. The van der Waals surface area contributed by atoms with Gasteiger partial charge in [-0.2, -0.15) is 0 Å². The molecule has 10 rings (SSSR count). The molecule has 2 aliphatic heterocycles. The van der Waals surface area contributed by atoms with E-state index in [0.29, 0.717) is 56.6 Å². The minimum Gasteiger partial charge on any atom is -0.587 e. The number of carbonyl (C=O) groups is 4. The minimum absolute atomic E-state index is 0. The number of ether oxygens (including phenoxy) is 2. The number of hydrogen-bond donors (Lipinski definition) is 0. The Morgan fingerprint density at radius 3 is 1.34 bits per heavy atom. The molecule has 6 aromatic carbocycles. The van der Waals surface area contributed by atoms with Crippen LogP contribution in [-0.4, -0.2) is 62.7 Å². The SMILES string of the molecule is COc1ccccc1-c1cc(Cc2ccc(Cl)c(CCl)c2)ncn1.COc1ccccc1-c1cc(Cc2ccc(Cl)c(CN3C(=O)c4ccccc4C3=O)c2)ncn1.O=C1[N-]C(=O)c2ccccc21.[K+]. The summed E-state index contributed by atoms with van der Waals surface area (Å²) >= 11 is 18.5. The number of alkyl halides is 1. The van der Waals surface area contributed by atoms with Gasteiger partial charge in [-0.1, -0.05) is 108 Å². The smallest absolute Gasteiger partial charge is 0.587 e. The van der Waals surface area contributed by atoms with Crippen molar-refractivity contribution in [1.29, 1.82) is 0 Å². The maximum absolute atomic E-state index is 12.8. The number of halogens is 3. The molecule has 70 heavy (non-hydrogen) atoms. The zero-order valence-electron chi connectivity index (χ0n) is 38.1. The number of aromatic nitrogens is 4. The third kappa shape index (κ3) is 12.1. The Bertz CT molecular complexity index is 3180. The van der Waals surface area contributed by atoms with Crippen molar-refractivity contribution in [3.8, 4) is 34.0 Å². The van der Waals surface area contributed by atoms with Gasteiger partial charge in [-0.25, -0.2) is 19.9 Å². The number of rotatable bonds is 11. The van der Waals surface area contributed by atoms with Crippen LogP contribution in [0.3, 0.4) is 0 Å². The summed E-state index contributed by atoms with van der Waals surface area (Å²) in [6.45, 7) is 0.106. The monoisotopic (exact) mass is 1010 g/mol. The zero-order valence-corrected chi connectivity index (χ0v) is 43.5. The summed E-state index contributed by atoms with van der Waals surface area (Å²) < 4.78 is 10.9. The molecule has 0 saturated heterocycles. The van der Waals surface area contributed by atoms with Gasteiger partial charge in [0.25, 0.3) is 11.8 Å². The fourth-order valence-electron chi connectivity index (χ4n) is 7.74. The molecule has 0 fully saturated rings. The summed E-state index contributed by atoms with van der Waals surface area (Å²) in [7, 11) is 3.28. The first-order valence-electron chi connectivity index (χ1n) is 21.4. The summed E-state index contributed by atoms with van der Waals surface area (Å²) in [5.74, 6) is 0.456. The van der Waals surface area contributed by atoms with Crippen molar-refractivity contribution in [2.45, 2.75) is 25.3 Å². The van der Waals surface area contributed by atoms with E-state index >= 15 is 0 Å². The molecule has 0 spiro atoms. The minimum atomic E-state index is -0.425. The van der Waals surface area contributed by atoms with Crippen LogP contribution in [-0.2, 0) is 25.3 Å². The van der Waals surface area contributed by atoms with Crippen molar-refractivity contribution in [1.82, 2.24) is 24.8 Å². The standard InChI is InChI=1S/C27H20ClN3O3.C19H16Cl2N2O.C8H5NO2.K/c1-34-25-9-5-4-8-22(25)24-14-19(29-16-30-24)13-17-10-11-23(28)18(12-17)15-31-26(32)20-6-2-3-7-21(20)27(31)33;1-24-19-5-3-2-4-16(19)18-10-15(22-12-23-18)9-13-6-7-17(21)14(8-13)11-20;10-7-5-3-1-2-4-6(5)8(11)9-7;/h2-12,14,16H,13,15H2,1H3;2-8,10,12H,9,11H2,1H3;1-4H,(H,9,10,11);/q;;;+1/p-1. The molecule has 0 saturated carbocycles. The van der Waals surface area contributed by atoms with Gasteiger partial charge in [-0.3, -0.25) is 14.5 Å². The maximum atomic E-state index is 12.8. The number of benzene rings is 6. The van der Waals surface area contributed by atoms with Crippen molar-refractivity contribution in [2.75, 3.05) is 14.2 Å². The van der Waals surface area contributed by atoms with Crippen LogP contribution in [0.15, 0.2) is 158 Å². The molecule has 344 valence electrons. The Morgan fingerprint density at radius 2 is 0.900 bits per heavy atom. The largest absolute Gasteiger partial charge is 1.00 e. The first-order chi connectivity index (χ1) is 33.5. The molecule has 0 radical (unpaired) electrons. The number of hydrogen-bond acceptors (Lipinski definition) is 10. The van der Waals surface area contributed by atoms with Crippen molar-refractivity contribution in [2.24, 2.45) is 0 Å². The van der Waals surface area contributed by atoms with E-state index in [1.54, 1.807) is 75.1 Å². The van der Waals surface area contributed by atoms with E-state index in [2.05, 4.69) is 25.3 Å². The number of amides is 4. The first-order valence-corrected chi connectivity index (χ1v) is 22.7. The van der Waals surface area contributed by atoms with E-state index in [0.717, 1.165) is 62.1 Å². The fraction of sp³-hybridized carbons (Fsp3) is 0.111. The topological polar surface area (TPSA) is 156 Å². The molecule has 16 heteroatoms. The summed E-state index contributed by atoms with van der Waals surface area (Å²) in [4.78, 5) is 66.1. The van der Waals surface area contributed by atoms with Crippen LogP contribution in [0.4, 0.5) is 0 Å². The van der Waals surface area contributed by atoms with E-state index in [-0.39, 0.29) is 69.7 Å². The molecule has 0 aliphatic carbocycles. The number of fused-ring (bicyclic) bond motifs is 2. The third-order valence-corrected chi connectivity index (χ3v) is 12.2. The predicted molar refractivity (Wildman–Crippen MR) is 265 cm³/mol. The normalized spacial score (nSPS) is 12.1. The Kier molecular flexibility index (Phi) is 17.8. The Hall–Kier alpha value is -6.13. The van der Waals surface area contributed by atoms with Gasteiger partial charge in [0, 0.05) is 62.4 Å². The van der Waals surface area contributed by atoms with Crippen LogP contribution in [0.2, 0.25) is 10.0 Å². The summed E-state index contributed by atoms with van der Waals surface area (Å²) in [6, 6.07) is 44.4. The molecular formula is C54H40Cl3KN6O6. The van der Waals surface area contributed by atoms with E-state index in [1.807, 2.05) is 91.0 Å². The summed E-state index contributed by atoms with van der Waals surface area (Å²) in [5, 5.41) is 4.46. The van der Waals surface area contributed by atoms with Crippen LogP contribution in [0.25, 0.3) is 27.8 Å². The predicted octanol–water partition coefficient (Wildman–Crippen LogP) is 8.69. The van der Waals surface area contributed by atoms with E-state index in [4.69, 9.17) is 44.3 Å². The van der Waals surface area contributed by atoms with Crippen LogP contribution < -0.4 is 60.9 Å². The number of para-hydroxylation sites is 2.